The van der Waals surface area contributed by atoms with Crippen molar-refractivity contribution in [3.8, 4) is 0 Å². The summed E-state index contributed by atoms with van der Waals surface area (Å²) in [6, 6.07) is 4.10. The van der Waals surface area contributed by atoms with Crippen molar-refractivity contribution in [2.24, 2.45) is 0 Å². The molecule has 0 bridgehead atoms. The number of rotatable bonds is 3. The first-order valence-electron chi connectivity index (χ1n) is 6.38. The van der Waals surface area contributed by atoms with Crippen molar-refractivity contribution in [1.29, 1.82) is 0 Å². The van der Waals surface area contributed by atoms with E-state index in [1.807, 2.05) is 0 Å². The van der Waals surface area contributed by atoms with Gasteiger partial charge < -0.3 is 5.32 Å². The third-order valence-corrected chi connectivity index (χ3v) is 3.39. The molecule has 1 fully saturated rings. The topological polar surface area (TPSA) is 55.2 Å². The van der Waals surface area contributed by atoms with Gasteiger partial charge in [0.15, 0.2) is 5.82 Å². The van der Waals surface area contributed by atoms with Crippen molar-refractivity contribution >= 4 is 11.4 Å². The zero-order valence-electron chi connectivity index (χ0n) is 10.2. The van der Waals surface area contributed by atoms with E-state index in [0.717, 1.165) is 25.7 Å². The monoisotopic (exact) mass is 252 g/mol. The Labute approximate surface area is 105 Å². The zero-order chi connectivity index (χ0) is 13.0. The van der Waals surface area contributed by atoms with E-state index >= 15 is 0 Å². The molecule has 98 valence electrons. The summed E-state index contributed by atoms with van der Waals surface area (Å²) in [5.41, 5.74) is -0.145. The summed E-state index contributed by atoms with van der Waals surface area (Å²) in [4.78, 5) is 10.3. The lowest BCUT2D eigenvalue weighted by atomic mass is 10.1. The first-order chi connectivity index (χ1) is 8.68. The van der Waals surface area contributed by atoms with Gasteiger partial charge in [-0.15, -0.1) is 0 Å². The smallest absolute Gasteiger partial charge is 0.295 e. The number of benzene rings is 1. The minimum absolute atomic E-state index is 0.0365. The van der Waals surface area contributed by atoms with Crippen molar-refractivity contribution in [3.63, 3.8) is 0 Å². The first-order valence-corrected chi connectivity index (χ1v) is 6.38. The third kappa shape index (κ3) is 2.97. The quantitative estimate of drug-likeness (QED) is 0.504. The Kier molecular flexibility index (Phi) is 4.12. The molecule has 0 radical (unpaired) electrons. The summed E-state index contributed by atoms with van der Waals surface area (Å²) in [6.45, 7) is 0. The number of nitro benzene ring substituents is 1. The summed E-state index contributed by atoms with van der Waals surface area (Å²) in [5, 5.41) is 13.9. The van der Waals surface area contributed by atoms with Gasteiger partial charge in [-0.2, -0.15) is 0 Å². The standard InChI is InChI=1S/C13H17FN2O2/c14-11-8-5-9-12(16(17)18)13(11)15-10-6-3-1-2-4-7-10/h5,8-10,15H,1-4,6-7H2. The molecule has 1 N–H and O–H groups in total. The van der Waals surface area contributed by atoms with Gasteiger partial charge in [0, 0.05) is 12.1 Å². The summed E-state index contributed by atoms with van der Waals surface area (Å²) >= 11 is 0. The molecule has 1 saturated carbocycles. The van der Waals surface area contributed by atoms with Gasteiger partial charge in [0.05, 0.1) is 4.92 Å². The minimum atomic E-state index is -0.548. The van der Waals surface area contributed by atoms with E-state index in [4.69, 9.17) is 0 Å². The molecule has 1 aromatic rings. The van der Waals surface area contributed by atoms with E-state index in [0.29, 0.717) is 0 Å². The van der Waals surface area contributed by atoms with Crippen LogP contribution in [-0.2, 0) is 0 Å². The van der Waals surface area contributed by atoms with Crippen LogP contribution in [0.3, 0.4) is 0 Å². The van der Waals surface area contributed by atoms with E-state index in [1.54, 1.807) is 0 Å². The van der Waals surface area contributed by atoms with Gasteiger partial charge in [0.25, 0.3) is 5.69 Å². The van der Waals surface area contributed by atoms with Crippen LogP contribution < -0.4 is 5.32 Å². The van der Waals surface area contributed by atoms with Gasteiger partial charge in [-0.25, -0.2) is 4.39 Å². The van der Waals surface area contributed by atoms with Crippen LogP contribution in [0.15, 0.2) is 18.2 Å². The van der Waals surface area contributed by atoms with E-state index in [-0.39, 0.29) is 17.4 Å². The van der Waals surface area contributed by atoms with Crippen LogP contribution in [0, 0.1) is 15.9 Å². The molecule has 18 heavy (non-hydrogen) atoms. The van der Waals surface area contributed by atoms with E-state index < -0.39 is 10.7 Å². The second-order valence-corrected chi connectivity index (χ2v) is 4.72. The Bertz CT molecular complexity index is 429. The molecule has 0 unspecified atom stereocenters. The van der Waals surface area contributed by atoms with Crippen LogP contribution in [0.4, 0.5) is 15.8 Å². The van der Waals surface area contributed by atoms with Gasteiger partial charge in [0.2, 0.25) is 0 Å². The molecule has 1 aliphatic rings. The number of halogens is 1. The molecule has 0 aliphatic heterocycles. The number of hydrogen-bond donors (Lipinski definition) is 1. The second kappa shape index (κ2) is 5.80. The van der Waals surface area contributed by atoms with E-state index in [9.17, 15) is 14.5 Å². The number of nitrogens with zero attached hydrogens (tertiary/aromatic N) is 1. The van der Waals surface area contributed by atoms with Gasteiger partial charge in [-0.05, 0) is 18.9 Å². The summed E-state index contributed by atoms with van der Waals surface area (Å²) in [5.74, 6) is -0.548. The van der Waals surface area contributed by atoms with E-state index in [1.165, 1.54) is 31.0 Å². The van der Waals surface area contributed by atoms with Crippen LogP contribution in [-0.4, -0.2) is 11.0 Å². The lowest BCUT2D eigenvalue weighted by Crippen LogP contribution is -2.19. The number of anilines is 1. The largest absolute Gasteiger partial charge is 0.374 e. The molecule has 4 nitrogen and oxygen atoms in total. The lowest BCUT2D eigenvalue weighted by Gasteiger charge is -2.17. The van der Waals surface area contributed by atoms with Crippen LogP contribution >= 0.6 is 0 Å². The normalized spacial score (nSPS) is 17.2. The second-order valence-electron chi connectivity index (χ2n) is 4.72. The Balaban J connectivity index is 2.19. The molecule has 1 aliphatic carbocycles. The molecule has 0 saturated heterocycles. The molecular formula is C13H17FN2O2. The highest BCUT2D eigenvalue weighted by atomic mass is 19.1. The summed E-state index contributed by atoms with van der Waals surface area (Å²) in [7, 11) is 0. The molecule has 0 heterocycles. The van der Waals surface area contributed by atoms with Crippen molar-refractivity contribution < 1.29 is 9.31 Å². The first kappa shape index (κ1) is 12.8. The molecule has 0 atom stereocenters. The number of para-hydroxylation sites is 1. The predicted molar refractivity (Wildman–Crippen MR) is 68.2 cm³/mol. The molecule has 0 amide bonds. The van der Waals surface area contributed by atoms with Crippen LogP contribution in [0.1, 0.15) is 38.5 Å². The van der Waals surface area contributed by atoms with Crippen molar-refractivity contribution in [1.82, 2.24) is 0 Å². The van der Waals surface area contributed by atoms with Crippen molar-refractivity contribution in [2.75, 3.05) is 5.32 Å². The molecular weight excluding hydrogens is 235 g/mol. The maximum absolute atomic E-state index is 13.7. The number of nitro groups is 1. The third-order valence-electron chi connectivity index (χ3n) is 3.39. The fraction of sp³-hybridized carbons (Fsp3) is 0.538. The summed E-state index contributed by atoms with van der Waals surface area (Å²) < 4.78 is 13.7. The Hall–Kier alpha value is -1.65. The Morgan fingerprint density at radius 3 is 2.50 bits per heavy atom. The Morgan fingerprint density at radius 2 is 1.89 bits per heavy atom. The van der Waals surface area contributed by atoms with Gasteiger partial charge in [-0.3, -0.25) is 10.1 Å². The fourth-order valence-electron chi connectivity index (χ4n) is 2.44. The highest BCUT2D eigenvalue weighted by molar-refractivity contribution is 5.62. The molecule has 2 rings (SSSR count). The van der Waals surface area contributed by atoms with Gasteiger partial charge >= 0.3 is 0 Å². The van der Waals surface area contributed by atoms with Crippen molar-refractivity contribution in [2.45, 2.75) is 44.6 Å². The average Bonchev–Trinajstić information content (AvgIpc) is 2.60. The predicted octanol–water partition coefficient (Wildman–Crippen LogP) is 3.87. The van der Waals surface area contributed by atoms with Crippen LogP contribution in [0.2, 0.25) is 0 Å². The van der Waals surface area contributed by atoms with Crippen molar-refractivity contribution in [3.05, 3.63) is 34.1 Å². The highest BCUT2D eigenvalue weighted by Crippen LogP contribution is 2.30. The Morgan fingerprint density at radius 1 is 1.22 bits per heavy atom. The molecule has 1 aromatic carbocycles. The maximum Gasteiger partial charge on any atom is 0.295 e. The highest BCUT2D eigenvalue weighted by Gasteiger charge is 2.21. The molecule has 0 spiro atoms. The number of hydrogen-bond acceptors (Lipinski definition) is 3. The minimum Gasteiger partial charge on any atom is -0.374 e. The number of nitrogens with one attached hydrogen (secondary N) is 1. The van der Waals surface area contributed by atoms with Gasteiger partial charge in [-0.1, -0.05) is 31.7 Å². The SMILES string of the molecule is O=[N+]([O-])c1cccc(F)c1NC1CCCCCC1. The van der Waals surface area contributed by atoms with E-state index in [2.05, 4.69) is 5.32 Å². The average molecular weight is 252 g/mol. The van der Waals surface area contributed by atoms with Gasteiger partial charge in [0.1, 0.15) is 5.69 Å². The fourth-order valence-corrected chi connectivity index (χ4v) is 2.44. The van der Waals surface area contributed by atoms with Crippen LogP contribution in [0.25, 0.3) is 0 Å². The summed E-state index contributed by atoms with van der Waals surface area (Å²) in [6.07, 6.45) is 6.48. The van der Waals surface area contributed by atoms with Crippen LogP contribution in [0.5, 0.6) is 0 Å². The zero-order valence-corrected chi connectivity index (χ0v) is 10.2. The lowest BCUT2D eigenvalue weighted by molar-refractivity contribution is -0.384. The molecule has 5 heteroatoms. The molecule has 0 aromatic heterocycles. The maximum atomic E-state index is 13.7.